The van der Waals surface area contributed by atoms with Crippen LogP contribution >= 0.6 is 12.2 Å². The van der Waals surface area contributed by atoms with Gasteiger partial charge in [0.25, 0.3) is 0 Å². The maximum atomic E-state index is 5.19. The number of rotatable bonds is 5. The molecule has 0 heterocycles. The van der Waals surface area contributed by atoms with Gasteiger partial charge in [-0.2, -0.15) is 0 Å². The second kappa shape index (κ2) is 7.09. The number of ether oxygens (including phenoxy) is 2. The molecule has 0 aliphatic heterocycles. The van der Waals surface area contributed by atoms with Crippen molar-refractivity contribution in [2.75, 3.05) is 32.7 Å². The van der Waals surface area contributed by atoms with Crippen molar-refractivity contribution >= 4 is 23.0 Å². The normalized spacial score (nSPS) is 9.82. The number of hydrogen-bond donors (Lipinski definition) is 2. The van der Waals surface area contributed by atoms with Gasteiger partial charge in [0.15, 0.2) is 5.11 Å². The summed E-state index contributed by atoms with van der Waals surface area (Å²) in [5, 5.41) is 6.74. The molecule has 0 fully saturated rings. The smallest absolute Gasteiger partial charge is 0.170 e. The minimum absolute atomic E-state index is 0.589. The first-order valence-electron chi connectivity index (χ1n) is 5.36. The zero-order chi connectivity index (χ0) is 12.7. The Morgan fingerprint density at radius 2 is 2.12 bits per heavy atom. The Morgan fingerprint density at radius 3 is 2.71 bits per heavy atom. The molecule has 17 heavy (non-hydrogen) atoms. The summed E-state index contributed by atoms with van der Waals surface area (Å²) in [6.07, 6.45) is 0. The number of methoxy groups -OCH3 is 2. The zero-order valence-electron chi connectivity index (χ0n) is 10.4. The third-order valence-corrected chi connectivity index (χ3v) is 2.49. The van der Waals surface area contributed by atoms with Crippen LogP contribution in [0.4, 0.5) is 5.69 Å². The summed E-state index contributed by atoms with van der Waals surface area (Å²) in [6.45, 7) is 3.31. The molecule has 1 rings (SSSR count). The lowest BCUT2D eigenvalue weighted by Crippen LogP contribution is -2.31. The molecule has 0 spiro atoms. The third kappa shape index (κ3) is 4.58. The van der Waals surface area contributed by atoms with Crippen molar-refractivity contribution in [1.29, 1.82) is 0 Å². The maximum absolute atomic E-state index is 5.19. The molecule has 4 nitrogen and oxygen atoms in total. The van der Waals surface area contributed by atoms with Gasteiger partial charge in [-0.05, 0) is 42.9 Å². The molecule has 0 unspecified atom stereocenters. The van der Waals surface area contributed by atoms with Crippen LogP contribution in [-0.2, 0) is 4.74 Å². The Labute approximate surface area is 107 Å². The summed E-state index contributed by atoms with van der Waals surface area (Å²) in [5.74, 6) is 0.869. The van der Waals surface area contributed by atoms with Crippen LogP contribution in [0.15, 0.2) is 18.2 Å². The van der Waals surface area contributed by atoms with Crippen LogP contribution in [0, 0.1) is 6.92 Å². The van der Waals surface area contributed by atoms with Crippen molar-refractivity contribution in [3.8, 4) is 5.75 Å². The van der Waals surface area contributed by atoms with Crippen LogP contribution < -0.4 is 15.4 Å². The second-order valence-electron chi connectivity index (χ2n) is 3.56. The van der Waals surface area contributed by atoms with E-state index in [1.165, 1.54) is 0 Å². The first kappa shape index (κ1) is 13.7. The third-order valence-electron chi connectivity index (χ3n) is 2.24. The first-order chi connectivity index (χ1) is 8.17. The monoisotopic (exact) mass is 254 g/mol. The summed E-state index contributed by atoms with van der Waals surface area (Å²) < 4.78 is 10.1. The maximum Gasteiger partial charge on any atom is 0.170 e. The van der Waals surface area contributed by atoms with Crippen LogP contribution in [-0.4, -0.2) is 32.5 Å². The summed E-state index contributed by atoms with van der Waals surface area (Å²) >= 11 is 5.14. The van der Waals surface area contributed by atoms with E-state index in [4.69, 9.17) is 21.7 Å². The zero-order valence-corrected chi connectivity index (χ0v) is 11.2. The number of thiocarbonyl (C=S) groups is 1. The molecular weight excluding hydrogens is 236 g/mol. The molecular formula is C12H18N2O2S. The highest BCUT2D eigenvalue weighted by Gasteiger charge is 2.01. The quantitative estimate of drug-likeness (QED) is 0.621. The van der Waals surface area contributed by atoms with Gasteiger partial charge in [0.1, 0.15) is 5.75 Å². The van der Waals surface area contributed by atoms with Crippen molar-refractivity contribution < 1.29 is 9.47 Å². The summed E-state index contributed by atoms with van der Waals surface area (Å²) in [7, 11) is 3.32. The molecule has 0 saturated heterocycles. The van der Waals surface area contributed by atoms with Crippen LogP contribution in [0.1, 0.15) is 5.56 Å². The molecule has 94 valence electrons. The van der Waals surface area contributed by atoms with Crippen molar-refractivity contribution in [2.24, 2.45) is 0 Å². The lowest BCUT2D eigenvalue weighted by molar-refractivity contribution is 0.204. The van der Waals surface area contributed by atoms with Crippen LogP contribution in [0.25, 0.3) is 0 Å². The standard InChI is InChI=1S/C12H18N2O2S/c1-9-8-10(4-5-11(9)16-3)14-12(17)13-6-7-15-2/h4-5,8H,6-7H2,1-3H3,(H2,13,14,17). The number of benzene rings is 1. The SMILES string of the molecule is COCCNC(=S)Nc1ccc(OC)c(C)c1. The molecule has 0 aromatic heterocycles. The number of aryl methyl sites for hydroxylation is 1. The van der Waals surface area contributed by atoms with Gasteiger partial charge in [-0.1, -0.05) is 0 Å². The number of nitrogens with one attached hydrogen (secondary N) is 2. The topological polar surface area (TPSA) is 42.5 Å². The number of anilines is 1. The number of hydrogen-bond acceptors (Lipinski definition) is 3. The molecule has 5 heteroatoms. The molecule has 2 N–H and O–H groups in total. The van der Waals surface area contributed by atoms with E-state index in [0.29, 0.717) is 18.3 Å². The Morgan fingerprint density at radius 1 is 1.35 bits per heavy atom. The molecule has 0 aliphatic rings. The fourth-order valence-corrected chi connectivity index (χ4v) is 1.62. The average molecular weight is 254 g/mol. The van der Waals surface area contributed by atoms with Crippen molar-refractivity contribution in [1.82, 2.24) is 5.32 Å². The highest BCUT2D eigenvalue weighted by Crippen LogP contribution is 2.21. The van der Waals surface area contributed by atoms with Gasteiger partial charge in [0, 0.05) is 19.3 Å². The van der Waals surface area contributed by atoms with E-state index >= 15 is 0 Å². The van der Waals surface area contributed by atoms with E-state index in [9.17, 15) is 0 Å². The average Bonchev–Trinajstić information content (AvgIpc) is 2.29. The molecule has 1 aromatic carbocycles. The van der Waals surface area contributed by atoms with E-state index in [1.54, 1.807) is 14.2 Å². The largest absolute Gasteiger partial charge is 0.496 e. The van der Waals surface area contributed by atoms with Crippen LogP contribution in [0.5, 0.6) is 5.75 Å². The predicted octanol–water partition coefficient (Wildman–Crippen LogP) is 1.94. The van der Waals surface area contributed by atoms with Gasteiger partial charge in [0.05, 0.1) is 13.7 Å². The minimum atomic E-state index is 0.589. The van der Waals surface area contributed by atoms with Gasteiger partial charge >= 0.3 is 0 Å². The van der Waals surface area contributed by atoms with Gasteiger partial charge in [-0.15, -0.1) is 0 Å². The molecule has 0 atom stereocenters. The van der Waals surface area contributed by atoms with E-state index in [2.05, 4.69) is 10.6 Å². The summed E-state index contributed by atoms with van der Waals surface area (Å²) in [5.41, 5.74) is 2.01. The molecule has 0 amide bonds. The molecule has 1 aromatic rings. The Bertz CT molecular complexity index is 383. The summed E-state index contributed by atoms with van der Waals surface area (Å²) in [6, 6.07) is 5.83. The van der Waals surface area contributed by atoms with E-state index in [1.807, 2.05) is 25.1 Å². The van der Waals surface area contributed by atoms with Crippen molar-refractivity contribution in [2.45, 2.75) is 6.92 Å². The lowest BCUT2D eigenvalue weighted by atomic mass is 10.2. The molecule has 0 aliphatic carbocycles. The molecule has 0 saturated carbocycles. The first-order valence-corrected chi connectivity index (χ1v) is 5.76. The van der Waals surface area contributed by atoms with Gasteiger partial charge < -0.3 is 20.1 Å². The van der Waals surface area contributed by atoms with E-state index in [-0.39, 0.29) is 0 Å². The highest BCUT2D eigenvalue weighted by molar-refractivity contribution is 7.80. The van der Waals surface area contributed by atoms with Gasteiger partial charge in [0.2, 0.25) is 0 Å². The fraction of sp³-hybridized carbons (Fsp3) is 0.417. The van der Waals surface area contributed by atoms with Crippen LogP contribution in [0.2, 0.25) is 0 Å². The van der Waals surface area contributed by atoms with Gasteiger partial charge in [-0.3, -0.25) is 0 Å². The van der Waals surface area contributed by atoms with Crippen molar-refractivity contribution in [3.05, 3.63) is 23.8 Å². The van der Waals surface area contributed by atoms with E-state index in [0.717, 1.165) is 17.0 Å². The Kier molecular flexibility index (Phi) is 5.72. The summed E-state index contributed by atoms with van der Waals surface area (Å²) in [4.78, 5) is 0. The van der Waals surface area contributed by atoms with Crippen LogP contribution in [0.3, 0.4) is 0 Å². The Hall–Kier alpha value is -1.33. The Balaban J connectivity index is 2.51. The molecule has 0 bridgehead atoms. The second-order valence-corrected chi connectivity index (χ2v) is 3.97. The van der Waals surface area contributed by atoms with Crippen molar-refractivity contribution in [3.63, 3.8) is 0 Å². The van der Waals surface area contributed by atoms with E-state index < -0.39 is 0 Å². The molecule has 0 radical (unpaired) electrons. The highest BCUT2D eigenvalue weighted by atomic mass is 32.1. The minimum Gasteiger partial charge on any atom is -0.496 e. The lowest BCUT2D eigenvalue weighted by Gasteiger charge is -2.12. The predicted molar refractivity (Wildman–Crippen MR) is 73.8 cm³/mol. The van der Waals surface area contributed by atoms with Gasteiger partial charge in [-0.25, -0.2) is 0 Å². The fourth-order valence-electron chi connectivity index (χ4n) is 1.40.